The second-order valence-electron chi connectivity index (χ2n) is 13.9. The largest absolute Gasteiger partial charge is 0.364 e. The summed E-state index contributed by atoms with van der Waals surface area (Å²) in [6, 6.07) is 15.9. The van der Waals surface area contributed by atoms with E-state index in [4.69, 9.17) is 0 Å². The first-order valence-corrected chi connectivity index (χ1v) is 17.8. The van der Waals surface area contributed by atoms with Crippen molar-refractivity contribution in [3.8, 4) is 0 Å². The first-order chi connectivity index (χ1) is 24.4. The summed E-state index contributed by atoms with van der Waals surface area (Å²) in [6.45, 7) is 7.89. The molecule has 2 aromatic heterocycles. The molecule has 2 fully saturated rings. The number of amides is 4. The van der Waals surface area contributed by atoms with Gasteiger partial charge in [-0.1, -0.05) is 36.4 Å². The van der Waals surface area contributed by atoms with Crippen LogP contribution in [0.25, 0.3) is 33.0 Å². The molecule has 4 amide bonds. The van der Waals surface area contributed by atoms with E-state index in [2.05, 4.69) is 40.2 Å². The lowest BCUT2D eigenvalue weighted by molar-refractivity contribution is -0.126. The molecule has 12 heteroatoms. The van der Waals surface area contributed by atoms with E-state index < -0.39 is 0 Å². The van der Waals surface area contributed by atoms with Gasteiger partial charge in [0, 0.05) is 96.7 Å². The van der Waals surface area contributed by atoms with Gasteiger partial charge in [-0.3, -0.25) is 39.6 Å². The minimum absolute atomic E-state index is 0.334. The SMILES string of the molecule is O=C1NC(=O)C2=C1c1c([nH]c3ccccc13)CCCc1[nH]c3ccccc3c1C1=C(C(=O)NC1=O)N1CCN(CCCN3CCN2CC3)CC1. The smallest absolute Gasteiger partial charge is 0.275 e. The number of aromatic amines is 2. The van der Waals surface area contributed by atoms with Crippen LogP contribution in [0.5, 0.6) is 0 Å². The molecule has 2 saturated heterocycles. The molecule has 2 aromatic carbocycles. The number of aromatic nitrogens is 2. The Morgan fingerprint density at radius 2 is 0.880 bits per heavy atom. The van der Waals surface area contributed by atoms with Crippen LogP contribution in [0.15, 0.2) is 59.9 Å². The Labute approximate surface area is 289 Å². The minimum Gasteiger partial charge on any atom is -0.364 e. The van der Waals surface area contributed by atoms with Gasteiger partial charge in [0.05, 0.1) is 11.1 Å². The number of fused-ring (bicyclic) bond motifs is 4. The standard InChI is InChI=1S/C38H40N8O4/c47-35-31-29-23-7-1-3-9-25(23)39-27(29)11-5-12-28-30(24-8-2-4-10-26(24)40-28)32-34(38(50)42-36(32)48)46-21-17-44(18-22-46)14-6-13-43-15-19-45(20-16-43)33(31)37(49)41-35/h1-4,7-10,39-40H,5-6,11-22H2,(H,41,47,49)(H,42,48,50). The quantitative estimate of drug-likeness (QED) is 0.209. The fourth-order valence-corrected chi connectivity index (χ4v) is 8.65. The number of hydrogen-bond donors (Lipinski definition) is 4. The van der Waals surface area contributed by atoms with Gasteiger partial charge in [-0.05, 0) is 50.9 Å². The fourth-order valence-electron chi connectivity index (χ4n) is 8.65. The molecule has 0 saturated carbocycles. The fraction of sp³-hybridized carbons (Fsp3) is 0.368. The Balaban J connectivity index is 1.16. The number of carbonyl (C=O) groups excluding carboxylic acids is 4. The van der Waals surface area contributed by atoms with E-state index in [1.165, 1.54) is 0 Å². The molecule has 11 rings (SSSR count). The third-order valence-electron chi connectivity index (χ3n) is 11.1. The van der Waals surface area contributed by atoms with E-state index in [1.807, 2.05) is 48.5 Å². The van der Waals surface area contributed by atoms with Gasteiger partial charge >= 0.3 is 0 Å². The average molecular weight is 673 g/mol. The Bertz CT molecular complexity index is 1990. The number of H-pyrrole nitrogens is 2. The molecule has 7 aliphatic heterocycles. The van der Waals surface area contributed by atoms with Crippen molar-refractivity contribution in [1.29, 1.82) is 0 Å². The highest BCUT2D eigenvalue weighted by atomic mass is 16.2. The lowest BCUT2D eigenvalue weighted by atomic mass is 9.95. The number of nitrogens with one attached hydrogen (secondary N) is 4. The van der Waals surface area contributed by atoms with Crippen molar-refractivity contribution in [3.05, 3.63) is 82.4 Å². The molecule has 50 heavy (non-hydrogen) atoms. The van der Waals surface area contributed by atoms with E-state index in [9.17, 15) is 19.2 Å². The Morgan fingerprint density at radius 3 is 1.32 bits per heavy atom. The second kappa shape index (κ2) is 12.3. The van der Waals surface area contributed by atoms with E-state index in [-0.39, 0.29) is 23.6 Å². The highest BCUT2D eigenvalue weighted by Crippen LogP contribution is 2.38. The van der Waals surface area contributed by atoms with Crippen LogP contribution in [0.1, 0.15) is 35.4 Å². The van der Waals surface area contributed by atoms with Gasteiger partial charge in [-0.15, -0.1) is 0 Å². The van der Waals surface area contributed by atoms with Gasteiger partial charge < -0.3 is 19.8 Å². The van der Waals surface area contributed by atoms with Crippen LogP contribution >= 0.6 is 0 Å². The summed E-state index contributed by atoms with van der Waals surface area (Å²) >= 11 is 0. The first-order valence-electron chi connectivity index (χ1n) is 17.8. The number of piperazine rings is 2. The highest BCUT2D eigenvalue weighted by molar-refractivity contribution is 6.38. The Kier molecular flexibility index (Phi) is 7.58. The van der Waals surface area contributed by atoms with Gasteiger partial charge in [0.2, 0.25) is 0 Å². The van der Waals surface area contributed by atoms with Gasteiger partial charge in [-0.25, -0.2) is 0 Å². The molecule has 256 valence electrons. The molecule has 0 spiro atoms. The third kappa shape index (κ3) is 5.12. The molecule has 0 radical (unpaired) electrons. The lowest BCUT2D eigenvalue weighted by Crippen LogP contribution is -2.49. The average Bonchev–Trinajstić information content (AvgIpc) is 3.83. The zero-order chi connectivity index (χ0) is 33.9. The zero-order valence-corrected chi connectivity index (χ0v) is 27.9. The Hall–Kier alpha value is -5.20. The molecular formula is C38H40N8O4. The van der Waals surface area contributed by atoms with Gasteiger partial charge in [-0.2, -0.15) is 0 Å². The summed E-state index contributed by atoms with van der Waals surface area (Å²) in [4.78, 5) is 70.3. The minimum atomic E-state index is -0.360. The number of nitrogens with zero attached hydrogens (tertiary/aromatic N) is 4. The number of rotatable bonds is 0. The third-order valence-corrected chi connectivity index (χ3v) is 11.1. The number of benzene rings is 2. The summed E-state index contributed by atoms with van der Waals surface area (Å²) in [5, 5.41) is 7.06. The van der Waals surface area contributed by atoms with Crippen molar-refractivity contribution < 1.29 is 19.2 Å². The summed E-state index contributed by atoms with van der Waals surface area (Å²) in [5.41, 5.74) is 7.00. The number of carbonyl (C=O) groups is 4. The number of hydrogen-bond acceptors (Lipinski definition) is 8. The molecule has 0 atom stereocenters. The van der Waals surface area contributed by atoms with Crippen LogP contribution in [0.3, 0.4) is 0 Å². The maximum atomic E-state index is 13.6. The second-order valence-corrected chi connectivity index (χ2v) is 13.9. The summed E-state index contributed by atoms with van der Waals surface area (Å²) in [6.07, 6.45) is 2.90. The van der Waals surface area contributed by atoms with E-state index in [1.54, 1.807) is 0 Å². The number of imide groups is 2. The van der Waals surface area contributed by atoms with Crippen molar-refractivity contribution in [2.24, 2.45) is 0 Å². The van der Waals surface area contributed by atoms with Crippen LogP contribution in [0.2, 0.25) is 0 Å². The normalized spacial score (nSPS) is 23.5. The van der Waals surface area contributed by atoms with E-state index in [0.717, 1.165) is 90.0 Å². The van der Waals surface area contributed by atoms with Crippen LogP contribution in [0.4, 0.5) is 0 Å². The van der Waals surface area contributed by atoms with Crippen molar-refractivity contribution >= 4 is 56.6 Å². The molecule has 7 aliphatic rings. The monoisotopic (exact) mass is 672 g/mol. The van der Waals surface area contributed by atoms with E-state index in [0.29, 0.717) is 68.0 Å². The number of aryl methyl sites for hydroxylation is 2. The maximum absolute atomic E-state index is 13.6. The van der Waals surface area contributed by atoms with Crippen LogP contribution in [-0.4, -0.2) is 119 Å². The van der Waals surface area contributed by atoms with Gasteiger partial charge in [0.25, 0.3) is 23.6 Å². The van der Waals surface area contributed by atoms with Gasteiger partial charge in [0.1, 0.15) is 11.4 Å². The first kappa shape index (κ1) is 30.8. The summed E-state index contributed by atoms with van der Waals surface area (Å²) < 4.78 is 0. The molecule has 4 aromatic rings. The summed E-state index contributed by atoms with van der Waals surface area (Å²) in [5.74, 6) is -1.39. The molecule has 0 unspecified atom stereocenters. The molecule has 12 nitrogen and oxygen atoms in total. The van der Waals surface area contributed by atoms with Crippen LogP contribution < -0.4 is 10.6 Å². The maximum Gasteiger partial charge on any atom is 0.275 e. The molecule has 9 heterocycles. The van der Waals surface area contributed by atoms with Crippen molar-refractivity contribution in [1.82, 2.24) is 40.2 Å². The topological polar surface area (TPSA) is 137 Å². The molecule has 4 N–H and O–H groups in total. The molecule has 0 aliphatic carbocycles. The highest BCUT2D eigenvalue weighted by Gasteiger charge is 2.40. The van der Waals surface area contributed by atoms with Crippen molar-refractivity contribution in [3.63, 3.8) is 0 Å². The van der Waals surface area contributed by atoms with Crippen LogP contribution in [0, 0.1) is 0 Å². The number of para-hydroxylation sites is 2. The lowest BCUT2D eigenvalue weighted by Gasteiger charge is -2.38. The zero-order valence-electron chi connectivity index (χ0n) is 27.9. The van der Waals surface area contributed by atoms with Crippen molar-refractivity contribution in [2.45, 2.75) is 25.7 Å². The van der Waals surface area contributed by atoms with E-state index >= 15 is 0 Å². The molecular weight excluding hydrogens is 632 g/mol. The van der Waals surface area contributed by atoms with Crippen molar-refractivity contribution in [2.75, 3.05) is 65.4 Å². The predicted octanol–water partition coefficient (Wildman–Crippen LogP) is 2.20. The van der Waals surface area contributed by atoms with Crippen LogP contribution in [-0.2, 0) is 32.0 Å². The van der Waals surface area contributed by atoms with Gasteiger partial charge in [0.15, 0.2) is 0 Å². The summed E-state index contributed by atoms with van der Waals surface area (Å²) in [7, 11) is 0. The Morgan fingerprint density at radius 1 is 0.460 bits per heavy atom. The predicted molar refractivity (Wildman–Crippen MR) is 189 cm³/mol. The molecule has 4 bridgehead atoms.